The van der Waals surface area contributed by atoms with Gasteiger partial charge in [-0.15, -0.1) is 0 Å². The van der Waals surface area contributed by atoms with E-state index in [9.17, 15) is 4.79 Å². The average Bonchev–Trinajstić information content (AvgIpc) is 3.21. The van der Waals surface area contributed by atoms with Crippen LogP contribution in [-0.2, 0) is 17.8 Å². The Morgan fingerprint density at radius 3 is 2.84 bits per heavy atom. The number of para-hydroxylation sites is 1. The first kappa shape index (κ1) is 15.4. The number of carbonyl (C=O) groups excluding carboxylic acids is 1. The Kier molecular flexibility index (Phi) is 3.98. The van der Waals surface area contributed by atoms with Crippen LogP contribution in [0.25, 0.3) is 11.3 Å². The van der Waals surface area contributed by atoms with Gasteiger partial charge >= 0.3 is 0 Å². The molecule has 1 aliphatic rings. The van der Waals surface area contributed by atoms with E-state index in [4.69, 9.17) is 4.52 Å². The second-order valence-electron chi connectivity index (χ2n) is 6.35. The molecule has 25 heavy (non-hydrogen) atoms. The Morgan fingerprint density at radius 2 is 2.04 bits per heavy atom. The maximum atomic E-state index is 10.4. The number of carbonyl (C=O) groups is 1. The lowest BCUT2D eigenvalue weighted by atomic mass is 10.1. The summed E-state index contributed by atoms with van der Waals surface area (Å²) in [5.41, 5.74) is 5.67. The van der Waals surface area contributed by atoms with E-state index < -0.39 is 0 Å². The second-order valence-corrected chi connectivity index (χ2v) is 6.35. The molecule has 0 bridgehead atoms. The number of amides is 1. The van der Waals surface area contributed by atoms with Gasteiger partial charge in [0.1, 0.15) is 5.69 Å². The van der Waals surface area contributed by atoms with Gasteiger partial charge in [0.15, 0.2) is 0 Å². The molecule has 3 aromatic rings. The molecule has 0 fully saturated rings. The topological polar surface area (TPSA) is 58.4 Å². The molecule has 0 radical (unpaired) electrons. The number of anilines is 2. The maximum Gasteiger partial charge on any atom is 0.231 e. The first-order valence-electron chi connectivity index (χ1n) is 8.35. The summed E-state index contributed by atoms with van der Waals surface area (Å²) in [5.74, 6) is 0.344. The van der Waals surface area contributed by atoms with Gasteiger partial charge in [-0.1, -0.05) is 47.6 Å². The lowest BCUT2D eigenvalue weighted by Crippen LogP contribution is -2.28. The zero-order valence-corrected chi connectivity index (χ0v) is 14.0. The van der Waals surface area contributed by atoms with Crippen LogP contribution in [0.2, 0.25) is 0 Å². The summed E-state index contributed by atoms with van der Waals surface area (Å²) < 4.78 is 5.05. The summed E-state index contributed by atoms with van der Waals surface area (Å²) >= 11 is 0. The molecular formula is C20H19N3O2. The fourth-order valence-electron chi connectivity index (χ4n) is 3.39. The van der Waals surface area contributed by atoms with Crippen molar-refractivity contribution in [3.05, 3.63) is 65.7 Å². The van der Waals surface area contributed by atoms with Crippen molar-refractivity contribution < 1.29 is 9.32 Å². The minimum absolute atomic E-state index is 0.344. The molecule has 4 rings (SSSR count). The molecule has 0 saturated heterocycles. The van der Waals surface area contributed by atoms with Gasteiger partial charge in [0.05, 0.1) is 0 Å². The van der Waals surface area contributed by atoms with E-state index in [0.717, 1.165) is 18.5 Å². The van der Waals surface area contributed by atoms with E-state index in [1.165, 1.54) is 16.8 Å². The zero-order valence-electron chi connectivity index (χ0n) is 14.0. The highest BCUT2D eigenvalue weighted by Crippen LogP contribution is 2.33. The molecule has 0 spiro atoms. The first-order chi connectivity index (χ1) is 12.2. The van der Waals surface area contributed by atoms with Crippen LogP contribution in [0.5, 0.6) is 0 Å². The van der Waals surface area contributed by atoms with E-state index in [1.54, 1.807) is 6.07 Å². The van der Waals surface area contributed by atoms with Crippen LogP contribution in [-0.4, -0.2) is 17.6 Å². The van der Waals surface area contributed by atoms with Crippen LogP contribution in [0.3, 0.4) is 0 Å². The number of hydrogen-bond donors (Lipinski definition) is 1. The van der Waals surface area contributed by atoms with Gasteiger partial charge in [-0.05, 0) is 30.5 Å². The highest BCUT2D eigenvalue weighted by Gasteiger charge is 2.25. The number of hydrogen-bond acceptors (Lipinski definition) is 4. The van der Waals surface area contributed by atoms with Crippen LogP contribution >= 0.6 is 0 Å². The van der Waals surface area contributed by atoms with Crippen molar-refractivity contribution in [2.75, 3.05) is 10.2 Å². The number of aromatic nitrogens is 1. The van der Waals surface area contributed by atoms with Crippen LogP contribution in [0, 0.1) is 0 Å². The Morgan fingerprint density at radius 1 is 1.24 bits per heavy atom. The quantitative estimate of drug-likeness (QED) is 0.720. The fraction of sp³-hybridized carbons (Fsp3) is 0.200. The third-order valence-electron chi connectivity index (χ3n) is 4.66. The lowest BCUT2D eigenvalue weighted by Gasteiger charge is -2.25. The number of benzene rings is 2. The van der Waals surface area contributed by atoms with E-state index in [2.05, 4.69) is 58.7 Å². The van der Waals surface area contributed by atoms with Crippen molar-refractivity contribution in [3.63, 3.8) is 0 Å². The molecule has 1 atom stereocenters. The molecule has 1 N–H and O–H groups in total. The highest BCUT2D eigenvalue weighted by atomic mass is 16.5. The lowest BCUT2D eigenvalue weighted by molar-refractivity contribution is -0.105. The van der Waals surface area contributed by atoms with Gasteiger partial charge in [0.2, 0.25) is 12.3 Å². The molecule has 2 heterocycles. The number of rotatable bonds is 5. The normalized spacial score (nSPS) is 15.9. The molecule has 5 heteroatoms. The summed E-state index contributed by atoms with van der Waals surface area (Å²) in [6.45, 7) is 3.15. The standard InChI is InChI=1S/C20H19N3O2/c1-14-10-17-4-2-3-5-19(17)23(14)12-15-6-8-16(9-7-15)18-11-20(21-13-24)25-22-18/h2-9,11,13-14H,10,12H2,1H3,(H,21,24). The van der Waals surface area contributed by atoms with Gasteiger partial charge in [-0.2, -0.15) is 0 Å². The minimum atomic E-state index is 0.344. The minimum Gasteiger partial charge on any atom is -0.364 e. The van der Waals surface area contributed by atoms with Gasteiger partial charge in [0.25, 0.3) is 0 Å². The molecule has 0 saturated carbocycles. The van der Waals surface area contributed by atoms with Gasteiger partial charge in [-0.25, -0.2) is 0 Å². The van der Waals surface area contributed by atoms with Crippen molar-refractivity contribution in [2.45, 2.75) is 25.9 Å². The van der Waals surface area contributed by atoms with Gasteiger partial charge in [0, 0.05) is 29.9 Å². The second kappa shape index (κ2) is 6.43. The SMILES string of the molecule is CC1Cc2ccccc2N1Cc1ccc(-c2cc(NC=O)on2)cc1. The predicted octanol–water partition coefficient (Wildman–Crippen LogP) is 3.86. The van der Waals surface area contributed by atoms with Crippen molar-refractivity contribution in [3.8, 4) is 11.3 Å². The molecule has 1 unspecified atom stereocenters. The van der Waals surface area contributed by atoms with Crippen molar-refractivity contribution in [1.29, 1.82) is 0 Å². The summed E-state index contributed by atoms with van der Waals surface area (Å²) in [4.78, 5) is 12.9. The van der Waals surface area contributed by atoms with Crippen LogP contribution in [0.4, 0.5) is 11.6 Å². The van der Waals surface area contributed by atoms with Crippen molar-refractivity contribution in [2.24, 2.45) is 0 Å². The third-order valence-corrected chi connectivity index (χ3v) is 4.66. The smallest absolute Gasteiger partial charge is 0.231 e. The number of nitrogens with zero attached hydrogens (tertiary/aromatic N) is 2. The van der Waals surface area contributed by atoms with Gasteiger partial charge in [-0.3, -0.25) is 10.1 Å². The zero-order chi connectivity index (χ0) is 17.2. The third kappa shape index (κ3) is 3.01. The van der Waals surface area contributed by atoms with Gasteiger partial charge < -0.3 is 9.42 Å². The molecule has 5 nitrogen and oxygen atoms in total. The molecule has 1 aromatic heterocycles. The van der Waals surface area contributed by atoms with Crippen LogP contribution in [0.1, 0.15) is 18.1 Å². The van der Waals surface area contributed by atoms with E-state index in [0.29, 0.717) is 24.0 Å². The molecule has 126 valence electrons. The average molecular weight is 333 g/mol. The maximum absolute atomic E-state index is 10.4. The monoisotopic (exact) mass is 333 g/mol. The Hall–Kier alpha value is -3.08. The Labute approximate surface area is 146 Å². The highest BCUT2D eigenvalue weighted by molar-refractivity contribution is 5.71. The summed E-state index contributed by atoms with van der Waals surface area (Å²) in [6, 6.07) is 19.1. The summed E-state index contributed by atoms with van der Waals surface area (Å²) in [6.07, 6.45) is 1.67. The van der Waals surface area contributed by atoms with Crippen molar-refractivity contribution >= 4 is 18.0 Å². The predicted molar refractivity (Wildman–Crippen MR) is 97.4 cm³/mol. The fourth-order valence-corrected chi connectivity index (χ4v) is 3.39. The molecular weight excluding hydrogens is 314 g/mol. The summed E-state index contributed by atoms with van der Waals surface area (Å²) in [5, 5.41) is 6.43. The number of nitrogens with one attached hydrogen (secondary N) is 1. The Balaban J connectivity index is 1.52. The Bertz CT molecular complexity index is 886. The summed E-state index contributed by atoms with van der Waals surface area (Å²) in [7, 11) is 0. The van der Waals surface area contributed by atoms with Crippen molar-refractivity contribution in [1.82, 2.24) is 5.16 Å². The first-order valence-corrected chi connectivity index (χ1v) is 8.35. The largest absolute Gasteiger partial charge is 0.364 e. The van der Waals surface area contributed by atoms with Crippen LogP contribution in [0.15, 0.2) is 59.1 Å². The molecule has 1 amide bonds. The van der Waals surface area contributed by atoms with E-state index in [-0.39, 0.29) is 0 Å². The van der Waals surface area contributed by atoms with Crippen LogP contribution < -0.4 is 10.2 Å². The van der Waals surface area contributed by atoms with E-state index in [1.807, 2.05) is 12.1 Å². The van der Waals surface area contributed by atoms with E-state index >= 15 is 0 Å². The molecule has 1 aliphatic heterocycles. The molecule has 2 aromatic carbocycles. The number of fused-ring (bicyclic) bond motifs is 1. The molecule has 0 aliphatic carbocycles.